The molecule has 2 atom stereocenters. The molecule has 2 aromatic rings. The molecule has 0 spiro atoms. The van der Waals surface area contributed by atoms with Crippen molar-refractivity contribution in [1.29, 1.82) is 0 Å². The number of hydrogen-bond donors (Lipinski definition) is 2. The van der Waals surface area contributed by atoms with Crippen LogP contribution in [0.4, 0.5) is 5.95 Å². The normalized spacial score (nSPS) is 24.4. The maximum absolute atomic E-state index is 6.08. The summed E-state index contributed by atoms with van der Waals surface area (Å²) in [4.78, 5) is 6.62. The molecule has 0 bridgehead atoms. The minimum Gasteiger partial charge on any atom is -0.335 e. The summed E-state index contributed by atoms with van der Waals surface area (Å²) in [5.41, 5.74) is 6.81. The van der Waals surface area contributed by atoms with Gasteiger partial charge in [-0.25, -0.2) is 0 Å². The molecule has 0 radical (unpaired) electrons. The van der Waals surface area contributed by atoms with Gasteiger partial charge in [0.05, 0.1) is 0 Å². The second-order valence-electron chi connectivity index (χ2n) is 4.51. The fourth-order valence-electron chi connectivity index (χ4n) is 2.22. The van der Waals surface area contributed by atoms with Crippen LogP contribution in [0.1, 0.15) is 19.8 Å². The van der Waals surface area contributed by atoms with Gasteiger partial charge in [0.15, 0.2) is 5.82 Å². The average molecular weight is 265 g/mol. The fourth-order valence-corrected chi connectivity index (χ4v) is 2.66. The maximum Gasteiger partial charge on any atom is 0.245 e. The molecule has 1 aliphatic rings. The van der Waals surface area contributed by atoms with Crippen LogP contribution in [-0.2, 0) is 0 Å². The second-order valence-corrected chi connectivity index (χ2v) is 5.12. The van der Waals surface area contributed by atoms with Gasteiger partial charge >= 0.3 is 0 Å². The Bertz CT molecular complexity index is 508. The number of aromatic nitrogens is 5. The van der Waals surface area contributed by atoms with E-state index < -0.39 is 0 Å². The van der Waals surface area contributed by atoms with Gasteiger partial charge in [-0.3, -0.25) is 5.10 Å². The molecule has 2 unspecified atom stereocenters. The Balaban J connectivity index is 1.84. The van der Waals surface area contributed by atoms with E-state index in [0.717, 1.165) is 25.1 Å². The highest BCUT2D eigenvalue weighted by Gasteiger charge is 2.27. The molecule has 18 heavy (non-hydrogen) atoms. The summed E-state index contributed by atoms with van der Waals surface area (Å²) >= 11 is 1.30. The van der Waals surface area contributed by atoms with Crippen molar-refractivity contribution in [3.63, 3.8) is 0 Å². The molecule has 0 aliphatic carbocycles. The fraction of sp³-hybridized carbons (Fsp3) is 0.600. The van der Waals surface area contributed by atoms with Crippen LogP contribution in [0.5, 0.6) is 0 Å². The number of aromatic amines is 1. The molecule has 1 aliphatic heterocycles. The van der Waals surface area contributed by atoms with Crippen LogP contribution in [0.25, 0.3) is 11.5 Å². The standard InChI is InChI=1S/C10H15N7S/c1-6-7(11)3-2-4-17(6)10-12-9(14-15-10)8-5-18-16-13-8/h5-7H,2-4,11H2,1H3,(H,12,14,15). The lowest BCUT2D eigenvalue weighted by Crippen LogP contribution is -2.50. The zero-order chi connectivity index (χ0) is 12.5. The Hall–Kier alpha value is -1.54. The van der Waals surface area contributed by atoms with Gasteiger partial charge in [0, 0.05) is 24.0 Å². The number of H-pyrrole nitrogens is 1. The van der Waals surface area contributed by atoms with Crippen molar-refractivity contribution in [2.24, 2.45) is 5.73 Å². The molecule has 0 saturated carbocycles. The van der Waals surface area contributed by atoms with Gasteiger partial charge in [-0.2, -0.15) is 4.98 Å². The Morgan fingerprint density at radius 3 is 3.22 bits per heavy atom. The van der Waals surface area contributed by atoms with E-state index in [1.165, 1.54) is 11.5 Å². The van der Waals surface area contributed by atoms with Crippen molar-refractivity contribution in [2.45, 2.75) is 31.8 Å². The van der Waals surface area contributed by atoms with Crippen molar-refractivity contribution in [2.75, 3.05) is 11.4 Å². The average Bonchev–Trinajstić information content (AvgIpc) is 3.01. The Kier molecular flexibility index (Phi) is 2.96. The van der Waals surface area contributed by atoms with Gasteiger partial charge in [-0.1, -0.05) is 4.49 Å². The number of anilines is 1. The number of piperidine rings is 1. The lowest BCUT2D eigenvalue weighted by atomic mass is 9.99. The molecule has 0 aromatic carbocycles. The summed E-state index contributed by atoms with van der Waals surface area (Å²) in [6.45, 7) is 3.06. The van der Waals surface area contributed by atoms with E-state index in [1.807, 2.05) is 5.38 Å². The largest absolute Gasteiger partial charge is 0.335 e. The topological polar surface area (TPSA) is 96.6 Å². The van der Waals surface area contributed by atoms with Crippen LogP contribution in [0.3, 0.4) is 0 Å². The van der Waals surface area contributed by atoms with E-state index in [-0.39, 0.29) is 12.1 Å². The Morgan fingerprint density at radius 1 is 1.56 bits per heavy atom. The quantitative estimate of drug-likeness (QED) is 0.827. The predicted octanol–water partition coefficient (Wildman–Crippen LogP) is 0.639. The molecular formula is C10H15N7S. The van der Waals surface area contributed by atoms with Crippen LogP contribution in [0.15, 0.2) is 5.38 Å². The molecule has 2 aromatic heterocycles. The minimum absolute atomic E-state index is 0.182. The number of rotatable bonds is 2. The van der Waals surface area contributed by atoms with E-state index in [1.54, 1.807) is 0 Å². The summed E-state index contributed by atoms with van der Waals surface area (Å²) in [7, 11) is 0. The molecule has 3 heterocycles. The van der Waals surface area contributed by atoms with Crippen LogP contribution < -0.4 is 10.6 Å². The number of nitrogens with two attached hydrogens (primary N) is 1. The van der Waals surface area contributed by atoms with Crippen molar-refractivity contribution in [1.82, 2.24) is 24.8 Å². The molecule has 3 rings (SSSR count). The molecule has 96 valence electrons. The minimum atomic E-state index is 0.182. The smallest absolute Gasteiger partial charge is 0.245 e. The van der Waals surface area contributed by atoms with E-state index in [2.05, 4.69) is 36.6 Å². The number of nitrogens with one attached hydrogen (secondary N) is 1. The van der Waals surface area contributed by atoms with Crippen LogP contribution in [0.2, 0.25) is 0 Å². The lowest BCUT2D eigenvalue weighted by Gasteiger charge is -2.36. The molecule has 0 amide bonds. The SMILES string of the molecule is CC1C(N)CCCN1c1n[nH]c(-c2csnn2)n1. The van der Waals surface area contributed by atoms with Gasteiger partial charge in [0.25, 0.3) is 0 Å². The predicted molar refractivity (Wildman–Crippen MR) is 69.3 cm³/mol. The Labute approximate surface area is 109 Å². The lowest BCUT2D eigenvalue weighted by molar-refractivity contribution is 0.416. The maximum atomic E-state index is 6.08. The molecule has 1 fully saturated rings. The monoisotopic (exact) mass is 265 g/mol. The second kappa shape index (κ2) is 4.62. The highest BCUT2D eigenvalue weighted by Crippen LogP contribution is 2.22. The van der Waals surface area contributed by atoms with Crippen LogP contribution in [0, 0.1) is 0 Å². The van der Waals surface area contributed by atoms with E-state index in [9.17, 15) is 0 Å². The van der Waals surface area contributed by atoms with Gasteiger partial charge in [-0.05, 0) is 31.3 Å². The van der Waals surface area contributed by atoms with Gasteiger partial charge in [0.2, 0.25) is 5.95 Å². The van der Waals surface area contributed by atoms with Crippen LogP contribution in [-0.4, -0.2) is 43.4 Å². The molecule has 7 nitrogen and oxygen atoms in total. The third kappa shape index (κ3) is 1.97. The zero-order valence-electron chi connectivity index (χ0n) is 10.1. The van der Waals surface area contributed by atoms with Gasteiger partial charge in [-0.15, -0.1) is 10.2 Å². The first-order valence-electron chi connectivity index (χ1n) is 5.98. The molecular weight excluding hydrogens is 250 g/mol. The number of hydrogen-bond acceptors (Lipinski definition) is 7. The van der Waals surface area contributed by atoms with Crippen molar-refractivity contribution in [3.8, 4) is 11.5 Å². The van der Waals surface area contributed by atoms with Gasteiger partial charge < -0.3 is 10.6 Å². The highest BCUT2D eigenvalue weighted by atomic mass is 32.1. The number of nitrogens with zero attached hydrogens (tertiary/aromatic N) is 5. The van der Waals surface area contributed by atoms with Crippen molar-refractivity contribution in [3.05, 3.63) is 5.38 Å². The first-order chi connectivity index (χ1) is 8.75. The zero-order valence-corrected chi connectivity index (χ0v) is 10.9. The molecule has 3 N–H and O–H groups in total. The summed E-state index contributed by atoms with van der Waals surface area (Å²) < 4.78 is 3.82. The van der Waals surface area contributed by atoms with Crippen molar-refractivity contribution >= 4 is 17.5 Å². The van der Waals surface area contributed by atoms with E-state index in [0.29, 0.717) is 11.8 Å². The Morgan fingerprint density at radius 2 is 2.44 bits per heavy atom. The highest BCUT2D eigenvalue weighted by molar-refractivity contribution is 7.03. The third-order valence-electron chi connectivity index (χ3n) is 3.38. The first kappa shape index (κ1) is 11.5. The molecule has 8 heteroatoms. The van der Waals surface area contributed by atoms with E-state index >= 15 is 0 Å². The van der Waals surface area contributed by atoms with E-state index in [4.69, 9.17) is 5.73 Å². The molecule has 1 saturated heterocycles. The van der Waals surface area contributed by atoms with Crippen molar-refractivity contribution < 1.29 is 0 Å². The summed E-state index contributed by atoms with van der Waals surface area (Å²) in [6.07, 6.45) is 2.14. The summed E-state index contributed by atoms with van der Waals surface area (Å²) in [5.74, 6) is 1.35. The van der Waals surface area contributed by atoms with Crippen LogP contribution >= 0.6 is 11.5 Å². The summed E-state index contributed by atoms with van der Waals surface area (Å²) in [5, 5.41) is 13.0. The third-order valence-corrected chi connectivity index (χ3v) is 3.89. The summed E-state index contributed by atoms with van der Waals surface area (Å²) in [6, 6.07) is 0.442. The first-order valence-corrected chi connectivity index (χ1v) is 6.81. The van der Waals surface area contributed by atoms with Gasteiger partial charge in [0.1, 0.15) is 5.69 Å².